The SMILES string of the molecule is CN(C)c1ccc(N2C(=O)c3ccc4c5ccc6c7c(ccc(c8ccc(c3c48)C2=O)c75)C(=O)N(c2ccc(N(C)C)cc2)C6=O)cc1. The van der Waals surface area contributed by atoms with Crippen molar-refractivity contribution in [2.45, 2.75) is 0 Å². The molecule has 2 aliphatic heterocycles. The van der Waals surface area contributed by atoms with E-state index in [0.29, 0.717) is 44.4 Å². The molecule has 8 nitrogen and oxygen atoms in total. The van der Waals surface area contributed by atoms with E-state index in [-0.39, 0.29) is 23.6 Å². The molecule has 7 aromatic carbocycles. The van der Waals surface area contributed by atoms with Gasteiger partial charge in [0.15, 0.2) is 0 Å². The maximum atomic E-state index is 14.0. The zero-order valence-corrected chi connectivity index (χ0v) is 26.7. The molecule has 0 saturated carbocycles. The molecule has 9 rings (SSSR count). The van der Waals surface area contributed by atoms with Gasteiger partial charge in [0.05, 0.1) is 11.4 Å². The van der Waals surface area contributed by atoms with Crippen LogP contribution in [0.1, 0.15) is 41.4 Å². The summed E-state index contributed by atoms with van der Waals surface area (Å²) in [7, 11) is 7.74. The number of benzene rings is 7. The molecule has 232 valence electrons. The first-order chi connectivity index (χ1) is 23.2. The van der Waals surface area contributed by atoms with Crippen LogP contribution < -0.4 is 19.6 Å². The number of hydrogen-bond donors (Lipinski definition) is 0. The first-order valence-electron chi connectivity index (χ1n) is 15.7. The van der Waals surface area contributed by atoms with Gasteiger partial charge in [0.25, 0.3) is 23.6 Å². The van der Waals surface area contributed by atoms with Crippen molar-refractivity contribution in [3.05, 3.63) is 119 Å². The van der Waals surface area contributed by atoms with Gasteiger partial charge < -0.3 is 9.80 Å². The molecule has 2 heterocycles. The van der Waals surface area contributed by atoms with Gasteiger partial charge in [-0.1, -0.05) is 24.3 Å². The molecule has 0 unspecified atom stereocenters. The average Bonchev–Trinajstić information content (AvgIpc) is 3.09. The summed E-state index contributed by atoms with van der Waals surface area (Å²) in [5.41, 5.74) is 4.77. The van der Waals surface area contributed by atoms with Crippen LogP contribution in [0.2, 0.25) is 0 Å². The highest BCUT2D eigenvalue weighted by atomic mass is 16.2. The molecule has 0 radical (unpaired) electrons. The fourth-order valence-electron chi connectivity index (χ4n) is 7.54. The van der Waals surface area contributed by atoms with Crippen LogP contribution >= 0.6 is 0 Å². The molecule has 0 atom stereocenters. The maximum absolute atomic E-state index is 14.0. The number of anilines is 4. The Morgan fingerprint density at radius 1 is 0.354 bits per heavy atom. The highest BCUT2D eigenvalue weighted by Crippen LogP contribution is 2.47. The number of fused-ring (bicyclic) bond motifs is 2. The lowest BCUT2D eigenvalue weighted by atomic mass is 9.82. The Balaban J connectivity index is 1.24. The van der Waals surface area contributed by atoms with Gasteiger partial charge in [-0.2, -0.15) is 0 Å². The standard InChI is InChI=1S/C40H28N4O4/c1-41(2)21-5-9-23(10-6-21)43-37(45)29-17-13-25-27-15-19-31-36-32(40(48)44(39(31)47)24-11-7-22(8-12-24)42(3)4)20-16-28(34(27)36)26-14-18-30(38(43)46)35(29)33(25)26/h5-20H,1-4H3. The topological polar surface area (TPSA) is 81.2 Å². The molecule has 0 saturated heterocycles. The van der Waals surface area contributed by atoms with E-state index >= 15 is 0 Å². The second-order valence-electron chi connectivity index (χ2n) is 12.9. The van der Waals surface area contributed by atoms with E-state index in [2.05, 4.69) is 0 Å². The average molecular weight is 629 g/mol. The lowest BCUT2D eigenvalue weighted by Gasteiger charge is -2.30. The smallest absolute Gasteiger partial charge is 0.265 e. The number of nitrogens with zero attached hydrogens (tertiary/aromatic N) is 4. The number of amides is 4. The second kappa shape index (κ2) is 9.62. The molecule has 0 N–H and O–H groups in total. The number of carbonyl (C=O) groups is 4. The molecule has 4 amide bonds. The molecule has 0 spiro atoms. The number of carbonyl (C=O) groups excluding carboxylic acids is 4. The molecule has 0 fully saturated rings. The van der Waals surface area contributed by atoms with Crippen molar-refractivity contribution in [3.8, 4) is 0 Å². The summed E-state index contributed by atoms with van der Waals surface area (Å²) in [6.07, 6.45) is 0. The first-order valence-corrected chi connectivity index (χ1v) is 15.7. The Kier molecular flexibility index (Phi) is 5.61. The minimum Gasteiger partial charge on any atom is -0.378 e. The van der Waals surface area contributed by atoms with Gasteiger partial charge in [-0.05, 0) is 105 Å². The van der Waals surface area contributed by atoms with Crippen molar-refractivity contribution in [2.24, 2.45) is 0 Å². The maximum Gasteiger partial charge on any atom is 0.265 e. The predicted octanol–water partition coefficient (Wildman–Crippen LogP) is 7.47. The largest absolute Gasteiger partial charge is 0.378 e. The van der Waals surface area contributed by atoms with Crippen LogP contribution in [0.3, 0.4) is 0 Å². The summed E-state index contributed by atoms with van der Waals surface area (Å²) >= 11 is 0. The Labute approximate surface area is 275 Å². The summed E-state index contributed by atoms with van der Waals surface area (Å²) in [5, 5.41) is 6.31. The van der Waals surface area contributed by atoms with Gasteiger partial charge in [-0.15, -0.1) is 0 Å². The highest BCUT2D eigenvalue weighted by molar-refractivity contribution is 6.45. The molecule has 0 aromatic heterocycles. The zero-order chi connectivity index (χ0) is 33.2. The second-order valence-corrected chi connectivity index (χ2v) is 12.9. The van der Waals surface area contributed by atoms with Crippen molar-refractivity contribution in [3.63, 3.8) is 0 Å². The Morgan fingerprint density at radius 2 is 0.625 bits per heavy atom. The van der Waals surface area contributed by atoms with Gasteiger partial charge in [-0.3, -0.25) is 19.2 Å². The highest BCUT2D eigenvalue weighted by Gasteiger charge is 2.38. The van der Waals surface area contributed by atoms with Crippen LogP contribution in [0.15, 0.2) is 97.1 Å². The molecule has 48 heavy (non-hydrogen) atoms. The van der Waals surface area contributed by atoms with Crippen LogP contribution in [0.5, 0.6) is 0 Å². The van der Waals surface area contributed by atoms with Gasteiger partial charge in [-0.25, -0.2) is 9.80 Å². The van der Waals surface area contributed by atoms with Crippen LogP contribution in [0.4, 0.5) is 22.7 Å². The normalized spacial score (nSPS) is 14.3. The van der Waals surface area contributed by atoms with E-state index in [4.69, 9.17) is 0 Å². The van der Waals surface area contributed by atoms with Crippen molar-refractivity contribution in [2.75, 3.05) is 47.8 Å². The van der Waals surface area contributed by atoms with Crippen LogP contribution in [-0.4, -0.2) is 51.8 Å². The van der Waals surface area contributed by atoms with Crippen LogP contribution in [-0.2, 0) is 0 Å². The van der Waals surface area contributed by atoms with E-state index in [0.717, 1.165) is 43.7 Å². The Hall–Kier alpha value is -6.28. The van der Waals surface area contributed by atoms with E-state index in [1.807, 2.05) is 86.5 Å². The molecule has 0 aliphatic carbocycles. The molecule has 8 heteroatoms. The lowest BCUT2D eigenvalue weighted by molar-refractivity contribution is 0.0877. The van der Waals surface area contributed by atoms with Crippen molar-refractivity contribution >= 4 is 89.5 Å². The van der Waals surface area contributed by atoms with E-state index in [9.17, 15) is 19.2 Å². The van der Waals surface area contributed by atoms with Crippen LogP contribution in [0.25, 0.3) is 43.1 Å². The molecule has 0 bridgehead atoms. The number of imide groups is 2. The van der Waals surface area contributed by atoms with Gasteiger partial charge in [0.2, 0.25) is 0 Å². The van der Waals surface area contributed by atoms with Crippen molar-refractivity contribution < 1.29 is 19.2 Å². The number of rotatable bonds is 4. The fraction of sp³-hybridized carbons (Fsp3) is 0.100. The fourth-order valence-corrected chi connectivity index (χ4v) is 7.54. The molecule has 7 aromatic rings. The lowest BCUT2D eigenvalue weighted by Crippen LogP contribution is -2.40. The van der Waals surface area contributed by atoms with E-state index in [1.54, 1.807) is 48.5 Å². The summed E-state index contributed by atoms with van der Waals surface area (Å²) in [6, 6.07) is 29.5. The summed E-state index contributed by atoms with van der Waals surface area (Å²) < 4.78 is 0. The number of hydrogen-bond acceptors (Lipinski definition) is 6. The minimum atomic E-state index is -0.375. The third-order valence-corrected chi connectivity index (χ3v) is 9.88. The monoisotopic (exact) mass is 628 g/mol. The quantitative estimate of drug-likeness (QED) is 0.114. The van der Waals surface area contributed by atoms with Crippen molar-refractivity contribution in [1.29, 1.82) is 0 Å². The third-order valence-electron chi connectivity index (χ3n) is 9.88. The third kappa shape index (κ3) is 3.54. The van der Waals surface area contributed by atoms with E-state index < -0.39 is 0 Å². The van der Waals surface area contributed by atoms with Crippen LogP contribution in [0, 0.1) is 0 Å². The van der Waals surface area contributed by atoms with Gasteiger partial charge >= 0.3 is 0 Å². The van der Waals surface area contributed by atoms with Crippen molar-refractivity contribution in [1.82, 2.24) is 0 Å². The predicted molar refractivity (Wildman–Crippen MR) is 191 cm³/mol. The van der Waals surface area contributed by atoms with Gasteiger partial charge in [0, 0.05) is 72.6 Å². The minimum absolute atomic E-state index is 0.375. The molecular formula is C40H28N4O4. The molecule has 2 aliphatic rings. The summed E-state index contributed by atoms with van der Waals surface area (Å²) in [4.78, 5) is 62.5. The zero-order valence-electron chi connectivity index (χ0n) is 26.7. The summed E-state index contributed by atoms with van der Waals surface area (Å²) in [5.74, 6) is -1.50. The molecular weight excluding hydrogens is 600 g/mol. The summed E-state index contributed by atoms with van der Waals surface area (Å²) in [6.45, 7) is 0. The Bertz CT molecular complexity index is 2290. The first kappa shape index (κ1) is 28.0. The van der Waals surface area contributed by atoms with E-state index in [1.165, 1.54) is 9.80 Å². The van der Waals surface area contributed by atoms with Gasteiger partial charge in [0.1, 0.15) is 0 Å². The Morgan fingerprint density at radius 3 is 0.875 bits per heavy atom.